The van der Waals surface area contributed by atoms with E-state index < -0.39 is 6.04 Å². The van der Waals surface area contributed by atoms with Gasteiger partial charge in [0.1, 0.15) is 18.1 Å². The van der Waals surface area contributed by atoms with Crippen molar-refractivity contribution in [3.05, 3.63) is 59.7 Å². The lowest BCUT2D eigenvalue weighted by atomic mass is 9.95. The van der Waals surface area contributed by atoms with E-state index in [1.54, 1.807) is 19.2 Å². The number of para-hydroxylation sites is 1. The molecule has 0 aromatic heterocycles. The van der Waals surface area contributed by atoms with E-state index in [-0.39, 0.29) is 24.2 Å². The zero-order chi connectivity index (χ0) is 19.2. The topological polar surface area (TPSA) is 73.9 Å². The average Bonchev–Trinajstić information content (AvgIpc) is 2.72. The highest BCUT2D eigenvalue weighted by atomic mass is 16.5. The molecule has 0 aliphatic carbocycles. The molecule has 1 heterocycles. The smallest absolute Gasteiger partial charge is 0.307 e. The number of amides is 1. The Kier molecular flexibility index (Phi) is 5.96. The quantitative estimate of drug-likeness (QED) is 0.793. The van der Waals surface area contributed by atoms with Crippen LogP contribution in [-0.4, -0.2) is 32.7 Å². The summed E-state index contributed by atoms with van der Waals surface area (Å²) >= 11 is 0. The van der Waals surface area contributed by atoms with Crippen LogP contribution in [0.5, 0.6) is 11.5 Å². The molecule has 0 unspecified atom stereocenters. The Labute approximate surface area is 158 Å². The Morgan fingerprint density at radius 1 is 1.15 bits per heavy atom. The molecule has 6 nitrogen and oxygen atoms in total. The van der Waals surface area contributed by atoms with Crippen molar-refractivity contribution < 1.29 is 23.8 Å². The molecule has 27 heavy (non-hydrogen) atoms. The predicted octanol–water partition coefficient (Wildman–Crippen LogP) is 2.67. The predicted molar refractivity (Wildman–Crippen MR) is 99.6 cm³/mol. The third-order valence-electron chi connectivity index (χ3n) is 4.68. The maximum Gasteiger partial charge on any atom is 0.307 e. The molecule has 1 amide bonds. The molecule has 2 atom stereocenters. The summed E-state index contributed by atoms with van der Waals surface area (Å²) in [4.78, 5) is 24.6. The highest BCUT2D eigenvalue weighted by Gasteiger charge is 2.28. The van der Waals surface area contributed by atoms with Crippen molar-refractivity contribution in [3.63, 3.8) is 0 Å². The molecule has 6 heteroatoms. The maximum absolute atomic E-state index is 12.8. The van der Waals surface area contributed by atoms with E-state index in [0.717, 1.165) is 16.9 Å². The molecule has 2 aromatic rings. The van der Waals surface area contributed by atoms with Crippen LogP contribution >= 0.6 is 0 Å². The minimum absolute atomic E-state index is 0.0543. The molecule has 0 bridgehead atoms. The molecular weight excluding hydrogens is 346 g/mol. The minimum Gasteiger partial charge on any atom is -0.497 e. The Hall–Kier alpha value is -3.02. The summed E-state index contributed by atoms with van der Waals surface area (Å²) in [7, 11) is 2.92. The summed E-state index contributed by atoms with van der Waals surface area (Å²) in [6, 6.07) is 14.5. The van der Waals surface area contributed by atoms with Crippen LogP contribution in [0.2, 0.25) is 0 Å². The van der Waals surface area contributed by atoms with Crippen LogP contribution < -0.4 is 14.8 Å². The third kappa shape index (κ3) is 4.58. The lowest BCUT2D eigenvalue weighted by Crippen LogP contribution is -2.40. The molecular formula is C21H23NO5. The number of nitrogens with one attached hydrogen (secondary N) is 1. The fourth-order valence-corrected chi connectivity index (χ4v) is 3.12. The van der Waals surface area contributed by atoms with Crippen molar-refractivity contribution in [1.29, 1.82) is 0 Å². The lowest BCUT2D eigenvalue weighted by Gasteiger charge is -2.27. The summed E-state index contributed by atoms with van der Waals surface area (Å²) in [6.45, 7) is 0.316. The monoisotopic (exact) mass is 369 g/mol. The van der Waals surface area contributed by atoms with E-state index in [0.29, 0.717) is 18.8 Å². The van der Waals surface area contributed by atoms with Gasteiger partial charge in [-0.15, -0.1) is 0 Å². The van der Waals surface area contributed by atoms with E-state index in [2.05, 4.69) is 5.32 Å². The van der Waals surface area contributed by atoms with Gasteiger partial charge < -0.3 is 19.5 Å². The second-order valence-electron chi connectivity index (χ2n) is 6.43. The fraction of sp³-hybridized carbons (Fsp3) is 0.333. The van der Waals surface area contributed by atoms with Crippen LogP contribution in [0.1, 0.15) is 23.6 Å². The van der Waals surface area contributed by atoms with Crippen LogP contribution in [0.4, 0.5) is 0 Å². The Balaban J connectivity index is 1.73. The zero-order valence-electron chi connectivity index (χ0n) is 15.4. The van der Waals surface area contributed by atoms with Gasteiger partial charge in [-0.05, 0) is 35.7 Å². The van der Waals surface area contributed by atoms with Crippen LogP contribution in [0.15, 0.2) is 48.5 Å². The number of rotatable bonds is 6. The number of esters is 1. The second kappa shape index (κ2) is 8.58. The summed E-state index contributed by atoms with van der Waals surface area (Å²) < 4.78 is 15.7. The number of benzene rings is 2. The van der Waals surface area contributed by atoms with Crippen molar-refractivity contribution in [2.75, 3.05) is 20.8 Å². The summed E-state index contributed by atoms with van der Waals surface area (Å²) in [6.07, 6.45) is 0.661. The van der Waals surface area contributed by atoms with E-state index in [1.807, 2.05) is 36.4 Å². The standard InChI is InChI=1S/C21H23NO5/c1-25-17-9-7-14(8-10-17)18(12-20(23)26-2)22-21(24)16-11-15-5-3-4-6-19(15)27-13-16/h3-10,16,18H,11-13H2,1-2H3,(H,22,24)/t16-,18+/m1/s1. The van der Waals surface area contributed by atoms with Gasteiger partial charge in [0.2, 0.25) is 5.91 Å². The van der Waals surface area contributed by atoms with Gasteiger partial charge in [-0.2, -0.15) is 0 Å². The Bertz CT molecular complexity index is 802. The summed E-state index contributed by atoms with van der Waals surface area (Å²) in [5.74, 6) is 0.691. The first-order chi connectivity index (χ1) is 13.1. The molecule has 0 fully saturated rings. The number of fused-ring (bicyclic) bond motifs is 1. The van der Waals surface area contributed by atoms with E-state index in [1.165, 1.54) is 7.11 Å². The fourth-order valence-electron chi connectivity index (χ4n) is 3.12. The first-order valence-corrected chi connectivity index (χ1v) is 8.82. The zero-order valence-corrected chi connectivity index (χ0v) is 15.4. The van der Waals surface area contributed by atoms with Gasteiger partial charge in [0.25, 0.3) is 0 Å². The first kappa shape index (κ1) is 18.8. The highest BCUT2D eigenvalue weighted by Crippen LogP contribution is 2.28. The molecule has 1 N–H and O–H groups in total. The number of hydrogen-bond donors (Lipinski definition) is 1. The summed E-state index contributed by atoms with van der Waals surface area (Å²) in [5, 5.41) is 2.98. The third-order valence-corrected chi connectivity index (χ3v) is 4.68. The number of methoxy groups -OCH3 is 2. The second-order valence-corrected chi connectivity index (χ2v) is 6.43. The van der Waals surface area contributed by atoms with Crippen LogP contribution in [0.25, 0.3) is 0 Å². The number of carbonyl (C=O) groups is 2. The largest absolute Gasteiger partial charge is 0.497 e. The normalized spacial score (nSPS) is 16.4. The molecule has 142 valence electrons. The van der Waals surface area contributed by atoms with Crippen LogP contribution in [0.3, 0.4) is 0 Å². The van der Waals surface area contributed by atoms with Crippen molar-refractivity contribution in [2.24, 2.45) is 5.92 Å². The van der Waals surface area contributed by atoms with Crippen molar-refractivity contribution in [3.8, 4) is 11.5 Å². The van der Waals surface area contributed by atoms with Gasteiger partial charge >= 0.3 is 5.97 Å². The highest BCUT2D eigenvalue weighted by molar-refractivity contribution is 5.81. The molecule has 0 radical (unpaired) electrons. The lowest BCUT2D eigenvalue weighted by molar-refractivity contribution is -0.141. The van der Waals surface area contributed by atoms with E-state index in [4.69, 9.17) is 14.2 Å². The Morgan fingerprint density at radius 3 is 2.59 bits per heavy atom. The molecule has 1 aliphatic rings. The minimum atomic E-state index is -0.479. The van der Waals surface area contributed by atoms with Gasteiger partial charge in [-0.3, -0.25) is 9.59 Å². The number of hydrogen-bond acceptors (Lipinski definition) is 5. The van der Waals surface area contributed by atoms with Crippen LogP contribution in [0, 0.1) is 5.92 Å². The van der Waals surface area contributed by atoms with E-state index >= 15 is 0 Å². The van der Waals surface area contributed by atoms with Crippen LogP contribution in [-0.2, 0) is 20.7 Å². The van der Waals surface area contributed by atoms with Gasteiger partial charge in [-0.1, -0.05) is 30.3 Å². The van der Waals surface area contributed by atoms with Gasteiger partial charge in [0.15, 0.2) is 0 Å². The van der Waals surface area contributed by atoms with Gasteiger partial charge in [0, 0.05) is 0 Å². The molecule has 1 aliphatic heterocycles. The van der Waals surface area contributed by atoms with Crippen molar-refractivity contribution in [1.82, 2.24) is 5.32 Å². The molecule has 0 saturated carbocycles. The van der Waals surface area contributed by atoms with Crippen molar-refractivity contribution in [2.45, 2.75) is 18.9 Å². The average molecular weight is 369 g/mol. The molecule has 2 aromatic carbocycles. The Morgan fingerprint density at radius 2 is 1.89 bits per heavy atom. The SMILES string of the molecule is COC(=O)C[C@H](NC(=O)[C@H]1COc2ccccc2C1)c1ccc(OC)cc1. The van der Waals surface area contributed by atoms with Gasteiger partial charge in [-0.25, -0.2) is 0 Å². The maximum atomic E-state index is 12.8. The van der Waals surface area contributed by atoms with E-state index in [9.17, 15) is 9.59 Å². The number of carbonyl (C=O) groups excluding carboxylic acids is 2. The molecule has 0 spiro atoms. The first-order valence-electron chi connectivity index (χ1n) is 8.82. The molecule has 0 saturated heterocycles. The number of ether oxygens (including phenoxy) is 3. The summed E-state index contributed by atoms with van der Waals surface area (Å²) in [5.41, 5.74) is 1.82. The van der Waals surface area contributed by atoms with Crippen molar-refractivity contribution >= 4 is 11.9 Å². The van der Waals surface area contributed by atoms with Gasteiger partial charge in [0.05, 0.1) is 32.6 Å². The molecule has 3 rings (SSSR count).